The SMILES string of the molecule is CC(C)(C)c1ccc(S(=O)(=O)Oc2ccc(N)c(N)c2)cc1. The van der Waals surface area contributed by atoms with Gasteiger partial charge in [0.25, 0.3) is 0 Å². The molecule has 0 spiro atoms. The number of nitrogen functional groups attached to an aromatic ring is 2. The van der Waals surface area contributed by atoms with Gasteiger partial charge >= 0.3 is 10.1 Å². The summed E-state index contributed by atoms with van der Waals surface area (Å²) in [5, 5.41) is 0. The zero-order valence-electron chi connectivity index (χ0n) is 12.8. The van der Waals surface area contributed by atoms with E-state index in [-0.39, 0.29) is 21.7 Å². The Hall–Kier alpha value is -2.21. The van der Waals surface area contributed by atoms with Crippen LogP contribution in [-0.2, 0) is 15.5 Å². The van der Waals surface area contributed by atoms with Crippen molar-refractivity contribution in [3.8, 4) is 5.75 Å². The topological polar surface area (TPSA) is 95.4 Å². The second-order valence-corrected chi connectivity index (χ2v) is 7.65. The predicted molar refractivity (Wildman–Crippen MR) is 88.2 cm³/mol. The molecule has 2 aromatic rings. The van der Waals surface area contributed by atoms with Gasteiger partial charge in [0, 0.05) is 6.07 Å². The molecule has 0 aliphatic carbocycles. The summed E-state index contributed by atoms with van der Waals surface area (Å²) in [6, 6.07) is 11.0. The molecule has 22 heavy (non-hydrogen) atoms. The molecule has 0 fully saturated rings. The average molecular weight is 320 g/mol. The van der Waals surface area contributed by atoms with Crippen LogP contribution in [0.3, 0.4) is 0 Å². The number of hydrogen-bond donors (Lipinski definition) is 2. The Labute approximate surface area is 131 Å². The first-order valence-electron chi connectivity index (χ1n) is 6.79. The number of hydrogen-bond acceptors (Lipinski definition) is 5. The van der Waals surface area contributed by atoms with Crippen LogP contribution >= 0.6 is 0 Å². The normalized spacial score (nSPS) is 12.1. The van der Waals surface area contributed by atoms with Crippen LogP contribution in [0.1, 0.15) is 26.3 Å². The molecule has 0 aliphatic heterocycles. The number of anilines is 2. The van der Waals surface area contributed by atoms with Gasteiger partial charge in [-0.25, -0.2) is 0 Å². The molecular weight excluding hydrogens is 300 g/mol. The summed E-state index contributed by atoms with van der Waals surface area (Å²) in [5.74, 6) is 0.131. The van der Waals surface area contributed by atoms with Crippen LogP contribution in [0.2, 0.25) is 0 Å². The van der Waals surface area contributed by atoms with Crippen LogP contribution in [0.15, 0.2) is 47.4 Å². The summed E-state index contributed by atoms with van der Waals surface area (Å²) in [7, 11) is -3.90. The lowest BCUT2D eigenvalue weighted by Gasteiger charge is -2.19. The van der Waals surface area contributed by atoms with Gasteiger partial charge in [0.2, 0.25) is 0 Å². The maximum Gasteiger partial charge on any atom is 0.339 e. The van der Waals surface area contributed by atoms with Crippen molar-refractivity contribution in [3.05, 3.63) is 48.0 Å². The lowest BCUT2D eigenvalue weighted by Crippen LogP contribution is -2.13. The van der Waals surface area contributed by atoms with Gasteiger partial charge in [-0.05, 0) is 35.2 Å². The third-order valence-corrected chi connectivity index (χ3v) is 4.53. The monoisotopic (exact) mass is 320 g/mol. The number of benzene rings is 2. The summed E-state index contributed by atoms with van der Waals surface area (Å²) in [6.45, 7) is 6.18. The molecule has 0 aliphatic rings. The van der Waals surface area contributed by atoms with Crippen molar-refractivity contribution < 1.29 is 12.6 Å². The highest BCUT2D eigenvalue weighted by atomic mass is 32.2. The predicted octanol–water partition coefficient (Wildman–Crippen LogP) is 2.92. The first-order valence-corrected chi connectivity index (χ1v) is 8.20. The summed E-state index contributed by atoms with van der Waals surface area (Å²) in [5.41, 5.74) is 12.9. The van der Waals surface area contributed by atoms with Crippen LogP contribution in [-0.4, -0.2) is 8.42 Å². The first-order chi connectivity index (χ1) is 10.1. The van der Waals surface area contributed by atoms with Gasteiger partial charge in [0.05, 0.1) is 11.4 Å². The summed E-state index contributed by atoms with van der Waals surface area (Å²) in [4.78, 5) is 0.0934. The minimum Gasteiger partial charge on any atom is -0.397 e. The maximum absolute atomic E-state index is 12.3. The molecule has 6 heteroatoms. The maximum atomic E-state index is 12.3. The van der Waals surface area contributed by atoms with Crippen molar-refractivity contribution in [2.24, 2.45) is 0 Å². The van der Waals surface area contributed by atoms with E-state index in [9.17, 15) is 8.42 Å². The minimum absolute atomic E-state index is 0.0471. The molecule has 0 saturated carbocycles. The molecule has 118 valence electrons. The zero-order valence-corrected chi connectivity index (χ0v) is 13.6. The fourth-order valence-corrected chi connectivity index (χ4v) is 2.82. The molecule has 0 bridgehead atoms. The van der Waals surface area contributed by atoms with E-state index in [1.54, 1.807) is 12.1 Å². The van der Waals surface area contributed by atoms with E-state index in [1.807, 2.05) is 0 Å². The highest BCUT2D eigenvalue weighted by molar-refractivity contribution is 7.87. The smallest absolute Gasteiger partial charge is 0.339 e. The average Bonchev–Trinajstić information content (AvgIpc) is 2.42. The van der Waals surface area contributed by atoms with Crippen LogP contribution < -0.4 is 15.7 Å². The van der Waals surface area contributed by atoms with Crippen molar-refractivity contribution in [2.45, 2.75) is 31.1 Å². The van der Waals surface area contributed by atoms with Crippen molar-refractivity contribution in [3.63, 3.8) is 0 Å². The van der Waals surface area contributed by atoms with Crippen molar-refractivity contribution in [1.29, 1.82) is 0 Å². The molecule has 2 rings (SSSR count). The van der Waals surface area contributed by atoms with Crippen LogP contribution in [0.4, 0.5) is 11.4 Å². The third kappa shape index (κ3) is 3.51. The summed E-state index contributed by atoms with van der Waals surface area (Å²) >= 11 is 0. The number of nitrogens with two attached hydrogens (primary N) is 2. The Balaban J connectivity index is 2.28. The molecule has 0 amide bonds. The fourth-order valence-electron chi connectivity index (χ4n) is 1.90. The minimum atomic E-state index is -3.90. The standard InChI is InChI=1S/C16H20N2O3S/c1-16(2,3)11-4-7-13(8-5-11)22(19,20)21-12-6-9-14(17)15(18)10-12/h4-10H,17-18H2,1-3H3. The third-order valence-electron chi connectivity index (χ3n) is 3.27. The molecule has 0 aromatic heterocycles. The Morgan fingerprint density at radius 2 is 1.50 bits per heavy atom. The van der Waals surface area contributed by atoms with Gasteiger partial charge < -0.3 is 15.7 Å². The molecule has 2 aromatic carbocycles. The van der Waals surface area contributed by atoms with Gasteiger partial charge in [0.15, 0.2) is 0 Å². The first kappa shape index (κ1) is 16.2. The summed E-state index contributed by atoms with van der Waals surface area (Å²) in [6.07, 6.45) is 0. The Morgan fingerprint density at radius 3 is 2.00 bits per heavy atom. The molecular formula is C16H20N2O3S. The van der Waals surface area contributed by atoms with E-state index in [0.717, 1.165) is 5.56 Å². The largest absolute Gasteiger partial charge is 0.397 e. The second kappa shape index (κ2) is 5.53. The van der Waals surface area contributed by atoms with Gasteiger partial charge in [-0.2, -0.15) is 8.42 Å². The molecule has 0 saturated heterocycles. The van der Waals surface area contributed by atoms with Crippen molar-refractivity contribution >= 4 is 21.5 Å². The second-order valence-electron chi connectivity index (χ2n) is 6.10. The van der Waals surface area contributed by atoms with E-state index in [1.165, 1.54) is 30.3 Å². The molecule has 0 radical (unpaired) electrons. The Morgan fingerprint density at radius 1 is 0.909 bits per heavy atom. The van der Waals surface area contributed by atoms with Gasteiger partial charge in [0.1, 0.15) is 10.6 Å². The molecule has 0 unspecified atom stereocenters. The van der Waals surface area contributed by atoms with E-state index in [2.05, 4.69) is 20.8 Å². The van der Waals surface area contributed by atoms with Crippen LogP contribution in [0.5, 0.6) is 5.75 Å². The van der Waals surface area contributed by atoms with E-state index >= 15 is 0 Å². The molecule has 0 heterocycles. The quantitative estimate of drug-likeness (QED) is 0.669. The molecule has 4 N–H and O–H groups in total. The number of rotatable bonds is 3. The Bertz CT molecular complexity index is 776. The van der Waals surface area contributed by atoms with E-state index in [4.69, 9.17) is 15.7 Å². The highest BCUT2D eigenvalue weighted by Crippen LogP contribution is 2.26. The lowest BCUT2D eigenvalue weighted by molar-refractivity contribution is 0.486. The molecule has 0 atom stereocenters. The lowest BCUT2D eigenvalue weighted by atomic mass is 9.87. The van der Waals surface area contributed by atoms with Crippen molar-refractivity contribution in [1.82, 2.24) is 0 Å². The van der Waals surface area contributed by atoms with Crippen LogP contribution in [0, 0.1) is 0 Å². The van der Waals surface area contributed by atoms with Gasteiger partial charge in [-0.1, -0.05) is 32.9 Å². The zero-order chi connectivity index (χ0) is 16.5. The van der Waals surface area contributed by atoms with Gasteiger partial charge in [-0.3, -0.25) is 0 Å². The van der Waals surface area contributed by atoms with Crippen LogP contribution in [0.25, 0.3) is 0 Å². The fraction of sp³-hybridized carbons (Fsp3) is 0.250. The molecule has 5 nitrogen and oxygen atoms in total. The van der Waals surface area contributed by atoms with Gasteiger partial charge in [-0.15, -0.1) is 0 Å². The van der Waals surface area contributed by atoms with E-state index in [0.29, 0.717) is 5.69 Å². The Kier molecular flexibility index (Phi) is 4.06. The van der Waals surface area contributed by atoms with Crippen molar-refractivity contribution in [2.75, 3.05) is 11.5 Å². The highest BCUT2D eigenvalue weighted by Gasteiger charge is 2.19. The summed E-state index contributed by atoms with van der Waals surface area (Å²) < 4.78 is 29.6. The van der Waals surface area contributed by atoms with E-state index < -0.39 is 10.1 Å².